The first kappa shape index (κ1) is 14.6. The Balaban J connectivity index is 2.50. The van der Waals surface area contributed by atoms with Crippen LogP contribution in [-0.2, 0) is 10.3 Å². The first-order valence-electron chi connectivity index (χ1n) is 6.55. The third-order valence-corrected chi connectivity index (χ3v) is 3.46. The maximum Gasteiger partial charge on any atom is 0.333 e. The molecule has 2 aromatic carbocycles. The van der Waals surface area contributed by atoms with Crippen molar-refractivity contribution in [2.45, 2.75) is 19.4 Å². The van der Waals surface area contributed by atoms with E-state index in [1.54, 1.807) is 43.3 Å². The average molecular weight is 280 g/mol. The summed E-state index contributed by atoms with van der Waals surface area (Å²) in [6.07, 6.45) is 0. The molecule has 0 aliphatic heterocycles. The molecular formula is C17H16N2O2. The van der Waals surface area contributed by atoms with Crippen molar-refractivity contribution in [3.8, 4) is 6.07 Å². The maximum atomic E-state index is 11.8. The van der Waals surface area contributed by atoms with E-state index in [9.17, 15) is 15.2 Å². The highest BCUT2D eigenvalue weighted by Gasteiger charge is 2.35. The highest BCUT2D eigenvalue weighted by Crippen LogP contribution is 2.28. The minimum Gasteiger partial charge on any atom is -0.479 e. The lowest BCUT2D eigenvalue weighted by Crippen LogP contribution is -2.40. The van der Waals surface area contributed by atoms with Crippen LogP contribution in [-0.4, -0.2) is 11.1 Å². The standard InChI is InChI=1S/C17H16N2O2/c1-12-8-9-13(11-18)15(10-12)19-17(2,16(20)21)14-6-4-3-5-7-14/h3-10,19H,1-2H3,(H,20,21). The van der Waals surface area contributed by atoms with Crippen molar-refractivity contribution in [1.29, 1.82) is 5.26 Å². The van der Waals surface area contributed by atoms with Crippen LogP contribution < -0.4 is 5.32 Å². The van der Waals surface area contributed by atoms with Crippen LogP contribution in [0.25, 0.3) is 0 Å². The molecule has 0 aromatic heterocycles. The van der Waals surface area contributed by atoms with Gasteiger partial charge in [0.2, 0.25) is 0 Å². The van der Waals surface area contributed by atoms with Crippen molar-refractivity contribution in [2.75, 3.05) is 5.32 Å². The third-order valence-electron chi connectivity index (χ3n) is 3.46. The van der Waals surface area contributed by atoms with E-state index < -0.39 is 11.5 Å². The lowest BCUT2D eigenvalue weighted by atomic mass is 9.91. The third kappa shape index (κ3) is 2.87. The molecule has 2 aromatic rings. The van der Waals surface area contributed by atoms with Gasteiger partial charge in [-0.15, -0.1) is 0 Å². The summed E-state index contributed by atoms with van der Waals surface area (Å²) in [7, 11) is 0. The highest BCUT2D eigenvalue weighted by atomic mass is 16.4. The molecule has 0 saturated carbocycles. The lowest BCUT2D eigenvalue weighted by molar-refractivity contribution is -0.142. The first-order valence-corrected chi connectivity index (χ1v) is 6.55. The molecule has 0 heterocycles. The molecule has 4 heteroatoms. The number of carboxylic acid groups (broad SMARTS) is 1. The predicted octanol–water partition coefficient (Wildman–Crippen LogP) is 3.28. The van der Waals surface area contributed by atoms with Gasteiger partial charge in [0, 0.05) is 0 Å². The molecule has 2 N–H and O–H groups in total. The SMILES string of the molecule is Cc1ccc(C#N)c(NC(C)(C(=O)O)c2ccccc2)c1. The van der Waals surface area contributed by atoms with Gasteiger partial charge in [-0.3, -0.25) is 0 Å². The minimum absolute atomic E-state index is 0.420. The van der Waals surface area contributed by atoms with Gasteiger partial charge >= 0.3 is 5.97 Å². The fourth-order valence-electron chi connectivity index (χ4n) is 2.15. The predicted molar refractivity (Wildman–Crippen MR) is 80.9 cm³/mol. The zero-order valence-corrected chi connectivity index (χ0v) is 11.9. The molecule has 4 nitrogen and oxygen atoms in total. The zero-order chi connectivity index (χ0) is 15.5. The van der Waals surface area contributed by atoms with Crippen molar-refractivity contribution < 1.29 is 9.90 Å². The molecule has 0 radical (unpaired) electrons. The Hall–Kier alpha value is -2.80. The largest absolute Gasteiger partial charge is 0.479 e. The summed E-state index contributed by atoms with van der Waals surface area (Å²) < 4.78 is 0. The van der Waals surface area contributed by atoms with Crippen molar-refractivity contribution >= 4 is 11.7 Å². The van der Waals surface area contributed by atoms with Crippen LogP contribution in [0.15, 0.2) is 48.5 Å². The molecular weight excluding hydrogens is 264 g/mol. The molecule has 1 unspecified atom stereocenters. The molecule has 106 valence electrons. The van der Waals surface area contributed by atoms with Gasteiger partial charge in [0.05, 0.1) is 11.3 Å². The van der Waals surface area contributed by atoms with E-state index in [4.69, 9.17) is 0 Å². The van der Waals surface area contributed by atoms with E-state index in [1.165, 1.54) is 0 Å². The molecule has 0 saturated heterocycles. The van der Waals surface area contributed by atoms with Gasteiger partial charge in [-0.05, 0) is 37.1 Å². The Morgan fingerprint density at radius 1 is 1.24 bits per heavy atom. The number of nitriles is 1. The van der Waals surface area contributed by atoms with E-state index in [0.29, 0.717) is 16.8 Å². The Bertz CT molecular complexity index is 704. The van der Waals surface area contributed by atoms with Crippen molar-refractivity contribution in [3.05, 3.63) is 65.2 Å². The number of aryl methyl sites for hydroxylation is 1. The smallest absolute Gasteiger partial charge is 0.333 e. The fraction of sp³-hybridized carbons (Fsp3) is 0.176. The lowest BCUT2D eigenvalue weighted by Gasteiger charge is -2.28. The van der Waals surface area contributed by atoms with Crippen molar-refractivity contribution in [3.63, 3.8) is 0 Å². The number of carboxylic acids is 1. The quantitative estimate of drug-likeness (QED) is 0.901. The van der Waals surface area contributed by atoms with Crippen LogP contribution in [0.1, 0.15) is 23.6 Å². The van der Waals surface area contributed by atoms with Gasteiger partial charge in [0.25, 0.3) is 0 Å². The second-order valence-corrected chi connectivity index (χ2v) is 5.08. The number of hydrogen-bond acceptors (Lipinski definition) is 3. The summed E-state index contributed by atoms with van der Waals surface area (Å²) in [5.41, 5.74) is 1.22. The van der Waals surface area contributed by atoms with Gasteiger partial charge in [-0.25, -0.2) is 4.79 Å². The van der Waals surface area contributed by atoms with Crippen LogP contribution in [0.5, 0.6) is 0 Å². The second kappa shape index (κ2) is 5.68. The molecule has 0 aliphatic rings. The molecule has 0 aliphatic carbocycles. The topological polar surface area (TPSA) is 73.1 Å². The van der Waals surface area contributed by atoms with E-state index in [2.05, 4.69) is 11.4 Å². The maximum absolute atomic E-state index is 11.8. The van der Waals surface area contributed by atoms with Crippen molar-refractivity contribution in [2.24, 2.45) is 0 Å². The van der Waals surface area contributed by atoms with E-state index in [-0.39, 0.29) is 0 Å². The summed E-state index contributed by atoms with van der Waals surface area (Å²) in [6, 6.07) is 16.3. The first-order chi connectivity index (χ1) is 9.97. The van der Waals surface area contributed by atoms with Gasteiger partial charge in [-0.2, -0.15) is 5.26 Å². The van der Waals surface area contributed by atoms with Gasteiger partial charge < -0.3 is 10.4 Å². The summed E-state index contributed by atoms with van der Waals surface area (Å²) in [5.74, 6) is -1.00. The van der Waals surface area contributed by atoms with Crippen LogP contribution in [0.4, 0.5) is 5.69 Å². The van der Waals surface area contributed by atoms with Crippen LogP contribution in [0.2, 0.25) is 0 Å². The second-order valence-electron chi connectivity index (χ2n) is 5.08. The average Bonchev–Trinajstić information content (AvgIpc) is 2.48. The van der Waals surface area contributed by atoms with Gasteiger partial charge in [-0.1, -0.05) is 36.4 Å². The van der Waals surface area contributed by atoms with Gasteiger partial charge in [0.1, 0.15) is 6.07 Å². The fourth-order valence-corrected chi connectivity index (χ4v) is 2.15. The molecule has 0 spiro atoms. The molecule has 0 bridgehead atoms. The number of carbonyl (C=O) groups is 1. The summed E-state index contributed by atoms with van der Waals surface area (Å²) >= 11 is 0. The minimum atomic E-state index is -1.30. The normalized spacial score (nSPS) is 13.0. The van der Waals surface area contributed by atoms with E-state index >= 15 is 0 Å². The van der Waals surface area contributed by atoms with Gasteiger partial charge in [0.15, 0.2) is 5.54 Å². The van der Waals surface area contributed by atoms with E-state index in [0.717, 1.165) is 5.56 Å². The Morgan fingerprint density at radius 3 is 2.48 bits per heavy atom. The molecule has 2 rings (SSSR count). The summed E-state index contributed by atoms with van der Waals surface area (Å²) in [4.78, 5) is 11.8. The van der Waals surface area contributed by atoms with Crippen LogP contribution in [0, 0.1) is 18.3 Å². The van der Waals surface area contributed by atoms with Crippen molar-refractivity contribution in [1.82, 2.24) is 0 Å². The monoisotopic (exact) mass is 280 g/mol. The zero-order valence-electron chi connectivity index (χ0n) is 11.9. The number of rotatable bonds is 4. The Morgan fingerprint density at radius 2 is 1.90 bits per heavy atom. The molecule has 1 atom stereocenters. The number of nitrogens with one attached hydrogen (secondary N) is 1. The van der Waals surface area contributed by atoms with E-state index in [1.807, 2.05) is 19.1 Å². The molecule has 0 fully saturated rings. The van der Waals surface area contributed by atoms with Crippen LogP contribution in [0.3, 0.4) is 0 Å². The molecule has 21 heavy (non-hydrogen) atoms. The Kier molecular flexibility index (Phi) is 3.95. The number of hydrogen-bond donors (Lipinski definition) is 2. The number of nitrogens with zero attached hydrogens (tertiary/aromatic N) is 1. The summed E-state index contributed by atoms with van der Waals surface area (Å²) in [6.45, 7) is 3.49. The number of anilines is 1. The highest BCUT2D eigenvalue weighted by molar-refractivity contribution is 5.84. The Labute approximate surface area is 123 Å². The summed E-state index contributed by atoms with van der Waals surface area (Å²) in [5, 5.41) is 21.8. The van der Waals surface area contributed by atoms with Crippen LogP contribution >= 0.6 is 0 Å². The molecule has 0 amide bonds. The number of aliphatic carboxylic acids is 1. The number of benzene rings is 2.